The molecule has 0 bridgehead atoms. The van der Waals surface area contributed by atoms with Crippen molar-refractivity contribution in [2.75, 3.05) is 0 Å². The van der Waals surface area contributed by atoms with Crippen LogP contribution in [-0.4, -0.2) is 58.8 Å². The third-order valence-corrected chi connectivity index (χ3v) is 12.9. The second-order valence-corrected chi connectivity index (χ2v) is 16.2. The highest BCUT2D eigenvalue weighted by Gasteiger charge is 2.20. The van der Waals surface area contributed by atoms with Gasteiger partial charge in [-0.3, -0.25) is 0 Å². The largest absolute Gasteiger partial charge is 0.455 e. The lowest BCUT2D eigenvalue weighted by atomic mass is 9.59. The van der Waals surface area contributed by atoms with Crippen LogP contribution < -0.4 is 27.3 Å². The maximum absolute atomic E-state index is 6.71. The second-order valence-electron chi connectivity index (χ2n) is 16.2. The number of hydrogen-bond acceptors (Lipinski definition) is 4. The van der Waals surface area contributed by atoms with Crippen molar-refractivity contribution in [1.29, 1.82) is 0 Å². The van der Waals surface area contributed by atoms with Gasteiger partial charge >= 0.3 is 0 Å². The Morgan fingerprint density at radius 3 is 1.62 bits per heavy atom. The highest BCUT2D eigenvalue weighted by Crippen LogP contribution is 2.39. The Balaban J connectivity index is 1.02. The van der Waals surface area contributed by atoms with E-state index < -0.39 is 0 Å². The molecule has 8 aromatic carbocycles. The molecule has 0 aliphatic heterocycles. The molecule has 10 heteroatoms. The normalized spacial score (nSPS) is 11.6. The van der Waals surface area contributed by atoms with Crippen LogP contribution in [0, 0.1) is 0 Å². The molecule has 0 aliphatic carbocycles. The molecule has 61 heavy (non-hydrogen) atoms. The summed E-state index contributed by atoms with van der Waals surface area (Å²) in [6.07, 6.45) is 0. The van der Waals surface area contributed by atoms with Gasteiger partial charge in [-0.25, -0.2) is 15.0 Å². The Hall–Kier alpha value is -7.31. The summed E-state index contributed by atoms with van der Waals surface area (Å²) in [4.78, 5) is 15.3. The van der Waals surface area contributed by atoms with Crippen LogP contribution in [0.15, 0.2) is 168 Å². The quantitative estimate of drug-likeness (QED) is 0.234. The van der Waals surface area contributed by atoms with Gasteiger partial charge in [-0.15, -0.1) is 16.4 Å². The highest BCUT2D eigenvalue weighted by molar-refractivity contribution is 6.68. The van der Waals surface area contributed by atoms with Crippen molar-refractivity contribution in [3.8, 4) is 62.1 Å². The lowest BCUT2D eigenvalue weighted by Gasteiger charge is -2.20. The Kier molecular flexibility index (Phi) is 8.71. The molecule has 282 valence electrons. The maximum Gasteiger partial charge on any atom is 0.167 e. The second kappa shape index (κ2) is 14.5. The zero-order valence-electron chi connectivity index (χ0n) is 34.8. The van der Waals surface area contributed by atoms with E-state index in [1.807, 2.05) is 36.4 Å². The first-order chi connectivity index (χ1) is 29.8. The van der Waals surface area contributed by atoms with Crippen LogP contribution in [0.3, 0.4) is 0 Å². The van der Waals surface area contributed by atoms with Crippen molar-refractivity contribution in [3.05, 3.63) is 164 Å². The van der Waals surface area contributed by atoms with Gasteiger partial charge in [0.05, 0.1) is 16.6 Å². The first-order valence-corrected chi connectivity index (χ1v) is 20.9. The molecule has 5 nitrogen and oxygen atoms in total. The van der Waals surface area contributed by atoms with Gasteiger partial charge in [0.2, 0.25) is 0 Å². The number of rotatable bonds is 6. The molecular formula is C51H37B5N4O. The minimum absolute atomic E-state index is 0.564. The topological polar surface area (TPSA) is 56.7 Å². The first-order valence-electron chi connectivity index (χ1n) is 20.9. The molecule has 0 unspecified atom stereocenters. The van der Waals surface area contributed by atoms with Crippen LogP contribution in [0.2, 0.25) is 0 Å². The average molecular weight is 776 g/mol. The molecule has 0 saturated carbocycles. The Morgan fingerprint density at radius 1 is 0.377 bits per heavy atom. The summed E-state index contributed by atoms with van der Waals surface area (Å²) in [5, 5.41) is 4.50. The zero-order chi connectivity index (χ0) is 41.4. The van der Waals surface area contributed by atoms with Crippen LogP contribution in [0.5, 0.6) is 0 Å². The van der Waals surface area contributed by atoms with Crippen molar-refractivity contribution >= 4 is 110 Å². The standard InChI is InChI=1S/C51H37B5N4O/c52-43-42(44(53)46(55)47(56)45(43)54)28-18-20-30(21-19-28)50-57-49(29-10-3-1-4-11-29)58-51(59-50)36-16-9-15-35-38-27-32(23-25-41(38)61-48(35)36)31-22-24-40-37(26-31)34-14-7-8-17-39(34)60(40)33-12-5-2-6-13-33/h1-27H,52-56H2. The maximum atomic E-state index is 6.71. The predicted octanol–water partition coefficient (Wildman–Crippen LogP) is 4.50. The summed E-state index contributed by atoms with van der Waals surface area (Å²) in [6, 6.07) is 57.5. The van der Waals surface area contributed by atoms with Crippen LogP contribution in [0.1, 0.15) is 0 Å². The Bertz CT molecular complexity index is 3500. The number of nitrogens with zero attached hydrogens (tertiary/aromatic N) is 4. The minimum atomic E-state index is 0.564. The van der Waals surface area contributed by atoms with Crippen LogP contribution in [0.25, 0.3) is 106 Å². The number of furan rings is 1. The van der Waals surface area contributed by atoms with E-state index in [2.05, 4.69) is 171 Å². The van der Waals surface area contributed by atoms with Crippen molar-refractivity contribution in [3.63, 3.8) is 0 Å². The fraction of sp³-hybridized carbons (Fsp3) is 0. The Morgan fingerprint density at radius 2 is 0.902 bits per heavy atom. The molecule has 11 rings (SSSR count). The minimum Gasteiger partial charge on any atom is -0.455 e. The molecule has 0 amide bonds. The summed E-state index contributed by atoms with van der Waals surface area (Å²) >= 11 is 0. The van der Waals surface area contributed by atoms with E-state index in [1.54, 1.807) is 0 Å². The predicted molar refractivity (Wildman–Crippen MR) is 270 cm³/mol. The van der Waals surface area contributed by atoms with Crippen molar-refractivity contribution in [2.24, 2.45) is 0 Å². The van der Waals surface area contributed by atoms with E-state index in [4.69, 9.17) is 19.4 Å². The summed E-state index contributed by atoms with van der Waals surface area (Å²) in [7, 11) is 11.1. The summed E-state index contributed by atoms with van der Waals surface area (Å²) < 4.78 is 9.06. The van der Waals surface area contributed by atoms with E-state index >= 15 is 0 Å². The summed E-state index contributed by atoms with van der Waals surface area (Å²) in [5.74, 6) is 1.79. The van der Waals surface area contributed by atoms with Gasteiger partial charge in [0.25, 0.3) is 0 Å². The number of hydrogen-bond donors (Lipinski definition) is 0. The third kappa shape index (κ3) is 6.04. The van der Waals surface area contributed by atoms with Gasteiger partial charge in [-0.2, -0.15) is 0 Å². The molecule has 0 spiro atoms. The molecule has 0 atom stereocenters. The Labute approximate surface area is 358 Å². The van der Waals surface area contributed by atoms with Gasteiger partial charge in [-0.05, 0) is 70.8 Å². The first kappa shape index (κ1) is 36.8. The average Bonchev–Trinajstić information content (AvgIpc) is 3.86. The molecule has 0 radical (unpaired) electrons. The van der Waals surface area contributed by atoms with E-state index in [-0.39, 0.29) is 0 Å². The van der Waals surface area contributed by atoms with Crippen LogP contribution in [0.4, 0.5) is 0 Å². The van der Waals surface area contributed by atoms with Crippen molar-refractivity contribution in [2.45, 2.75) is 0 Å². The van der Waals surface area contributed by atoms with Gasteiger partial charge in [0.1, 0.15) is 50.4 Å². The smallest absolute Gasteiger partial charge is 0.167 e. The SMILES string of the molecule is Bc1c(B)c(B)c(-c2ccc(-c3nc(-c4ccccc4)nc(-c4cccc5c4oc4ccc(-c6ccc7c(c6)c6ccccc6n7-c6ccccc6)cc45)n3)cc2)c(B)c1B. The summed E-state index contributed by atoms with van der Waals surface area (Å²) in [6.45, 7) is 0. The molecular weight excluding hydrogens is 739 g/mol. The van der Waals surface area contributed by atoms with Crippen molar-refractivity contribution < 1.29 is 4.42 Å². The fourth-order valence-corrected chi connectivity index (χ4v) is 9.22. The van der Waals surface area contributed by atoms with Gasteiger partial charge < -0.3 is 8.98 Å². The molecule has 0 N–H and O–H groups in total. The zero-order valence-corrected chi connectivity index (χ0v) is 34.8. The van der Waals surface area contributed by atoms with E-state index in [1.165, 1.54) is 60.2 Å². The fourth-order valence-electron chi connectivity index (χ4n) is 9.22. The number of para-hydroxylation sites is 3. The lowest BCUT2D eigenvalue weighted by molar-refractivity contribution is 0.669. The molecule has 3 aromatic heterocycles. The highest BCUT2D eigenvalue weighted by atomic mass is 16.3. The van der Waals surface area contributed by atoms with Crippen LogP contribution >= 0.6 is 0 Å². The monoisotopic (exact) mass is 776 g/mol. The molecule has 0 saturated heterocycles. The van der Waals surface area contributed by atoms with E-state index in [0.29, 0.717) is 17.5 Å². The third-order valence-electron chi connectivity index (χ3n) is 12.9. The molecule has 0 aliphatic rings. The molecule has 0 fully saturated rings. The lowest BCUT2D eigenvalue weighted by Crippen LogP contribution is -2.55. The number of fused-ring (bicyclic) bond motifs is 6. The van der Waals surface area contributed by atoms with Crippen molar-refractivity contribution in [1.82, 2.24) is 19.5 Å². The van der Waals surface area contributed by atoms with Gasteiger partial charge in [-0.1, -0.05) is 126 Å². The number of benzene rings is 8. The summed E-state index contributed by atoms with van der Waals surface area (Å²) in [5.41, 5.74) is 19.2. The van der Waals surface area contributed by atoms with Crippen LogP contribution in [-0.2, 0) is 0 Å². The number of aromatic nitrogens is 4. The van der Waals surface area contributed by atoms with Gasteiger partial charge in [0, 0.05) is 38.4 Å². The van der Waals surface area contributed by atoms with Gasteiger partial charge in [0.15, 0.2) is 17.5 Å². The molecule has 11 aromatic rings. The van der Waals surface area contributed by atoms with E-state index in [0.717, 1.165) is 55.4 Å². The van der Waals surface area contributed by atoms with E-state index in [9.17, 15) is 0 Å². The molecule has 3 heterocycles.